The quantitative estimate of drug-likeness (QED) is 0.574. The average molecular weight is 412 g/mol. The summed E-state index contributed by atoms with van der Waals surface area (Å²) in [5.41, 5.74) is -12.8. The molecule has 4 atom stereocenters. The second kappa shape index (κ2) is 5.42. The summed E-state index contributed by atoms with van der Waals surface area (Å²) < 4.78 is 142. The minimum Gasteiger partial charge on any atom is -0.239 e. The zero-order valence-electron chi connectivity index (χ0n) is 12.0. The van der Waals surface area contributed by atoms with E-state index in [1.807, 2.05) is 0 Å². The summed E-state index contributed by atoms with van der Waals surface area (Å²) in [7, 11) is -9.92. The molecule has 0 aromatic carbocycles. The van der Waals surface area contributed by atoms with Crippen LogP contribution in [0.2, 0.25) is 0 Å². The van der Waals surface area contributed by atoms with E-state index in [1.54, 1.807) is 0 Å². The number of hydrogen-bond acceptors (Lipinski definition) is 4. The Morgan fingerprint density at radius 2 is 1.25 bits per heavy atom. The lowest BCUT2D eigenvalue weighted by atomic mass is 10.0. The first kappa shape index (κ1) is 21.4. The first-order valence-electron chi connectivity index (χ1n) is 6.09. The van der Waals surface area contributed by atoms with Gasteiger partial charge < -0.3 is 0 Å². The van der Waals surface area contributed by atoms with Crippen LogP contribution in [0.15, 0.2) is 0 Å². The minimum absolute atomic E-state index is 0.379. The molecule has 0 saturated carbocycles. The summed E-state index contributed by atoms with van der Waals surface area (Å²) in [6.07, 6.45) is -1.61. The van der Waals surface area contributed by atoms with Crippen molar-refractivity contribution in [1.29, 1.82) is 0 Å². The molecule has 0 aromatic rings. The Morgan fingerprint density at radius 3 is 1.33 bits per heavy atom. The van der Waals surface area contributed by atoms with Crippen LogP contribution in [0.5, 0.6) is 0 Å². The number of sulfone groups is 2. The molecule has 0 aliphatic carbocycles. The third kappa shape index (κ3) is 3.10. The average Bonchev–Trinajstić information content (AvgIpc) is 2.51. The van der Waals surface area contributed by atoms with Gasteiger partial charge in [0.2, 0.25) is 15.3 Å². The summed E-state index contributed by atoms with van der Waals surface area (Å²) in [6.45, 7) is 0.889. The minimum atomic E-state index is -5.29. The third-order valence-electron chi connectivity index (χ3n) is 3.48. The van der Waals surface area contributed by atoms with Crippen LogP contribution in [0.4, 0.5) is 35.1 Å². The maximum Gasteiger partial charge on any atom is 0.351 e. The predicted molar refractivity (Wildman–Crippen MR) is 66.0 cm³/mol. The van der Waals surface area contributed by atoms with E-state index < -0.39 is 65.4 Å². The van der Waals surface area contributed by atoms with Crippen molar-refractivity contribution < 1.29 is 52.0 Å². The Balaban J connectivity index is 0.000000240. The van der Waals surface area contributed by atoms with Gasteiger partial charge >= 0.3 is 11.2 Å². The normalized spacial score (nSPS) is 44.6. The highest BCUT2D eigenvalue weighted by Crippen LogP contribution is 2.48. The summed E-state index contributed by atoms with van der Waals surface area (Å²) >= 11 is 0. The fourth-order valence-corrected chi connectivity index (χ4v) is 5.38. The van der Waals surface area contributed by atoms with E-state index in [9.17, 15) is 52.0 Å². The van der Waals surface area contributed by atoms with Crippen LogP contribution in [0.25, 0.3) is 0 Å². The zero-order chi connectivity index (χ0) is 19.6. The molecule has 2 aliphatic heterocycles. The Hall–Kier alpha value is -0.660. The molecular weight excluding hydrogens is 400 g/mol. The van der Waals surface area contributed by atoms with Crippen molar-refractivity contribution in [3.8, 4) is 0 Å². The molecule has 14 heteroatoms. The van der Waals surface area contributed by atoms with Gasteiger partial charge in [-0.2, -0.15) is 17.6 Å². The van der Waals surface area contributed by atoms with Crippen LogP contribution in [-0.2, 0) is 19.7 Å². The highest BCUT2D eigenvalue weighted by molar-refractivity contribution is 7.93. The molecule has 0 amide bonds. The molecule has 4 nitrogen and oxygen atoms in total. The van der Waals surface area contributed by atoms with Crippen molar-refractivity contribution in [3.63, 3.8) is 0 Å². The van der Waals surface area contributed by atoms with Gasteiger partial charge in [0.15, 0.2) is 21.2 Å². The molecule has 2 fully saturated rings. The lowest BCUT2D eigenvalue weighted by Gasteiger charge is -2.20. The molecule has 0 bridgehead atoms. The van der Waals surface area contributed by atoms with Gasteiger partial charge in [-0.1, -0.05) is 0 Å². The molecule has 0 N–H and O–H groups in total. The lowest BCUT2D eigenvalue weighted by molar-refractivity contribution is -0.130. The smallest absolute Gasteiger partial charge is 0.239 e. The van der Waals surface area contributed by atoms with Crippen molar-refractivity contribution in [1.82, 2.24) is 0 Å². The van der Waals surface area contributed by atoms with Gasteiger partial charge in [0.25, 0.3) is 5.50 Å². The van der Waals surface area contributed by atoms with Gasteiger partial charge in [0.1, 0.15) is 0 Å². The zero-order valence-corrected chi connectivity index (χ0v) is 13.7. The van der Waals surface area contributed by atoms with E-state index in [2.05, 4.69) is 0 Å². The molecule has 0 radical (unpaired) electrons. The maximum atomic E-state index is 12.8. The fourth-order valence-electron chi connectivity index (χ4n) is 2.07. The SMILES string of the molecule is CC1(F)CC(F)(F)S(=O)(=O)C1F.CC1(F)CS(=O)(=O)C(F)C1(F)F. The third-order valence-corrected chi connectivity index (χ3v) is 7.37. The Morgan fingerprint density at radius 1 is 0.833 bits per heavy atom. The summed E-state index contributed by atoms with van der Waals surface area (Å²) in [6, 6.07) is 0. The molecule has 2 rings (SSSR count). The molecule has 2 saturated heterocycles. The molecule has 0 aromatic heterocycles. The largest absolute Gasteiger partial charge is 0.351 e. The Labute approximate surface area is 132 Å². The van der Waals surface area contributed by atoms with E-state index in [0.29, 0.717) is 13.8 Å². The lowest BCUT2D eigenvalue weighted by Crippen LogP contribution is -2.42. The fraction of sp³-hybridized carbons (Fsp3) is 1.00. The van der Waals surface area contributed by atoms with E-state index in [0.717, 1.165) is 0 Å². The second-order valence-corrected chi connectivity index (χ2v) is 10.0. The van der Waals surface area contributed by atoms with Crippen molar-refractivity contribution in [3.05, 3.63) is 0 Å². The van der Waals surface area contributed by atoms with Gasteiger partial charge in [0.05, 0.1) is 12.2 Å². The van der Waals surface area contributed by atoms with Crippen molar-refractivity contribution in [2.45, 2.75) is 53.8 Å². The van der Waals surface area contributed by atoms with E-state index in [4.69, 9.17) is 0 Å². The van der Waals surface area contributed by atoms with Crippen molar-refractivity contribution in [2.75, 3.05) is 5.75 Å². The van der Waals surface area contributed by atoms with Crippen LogP contribution in [0.3, 0.4) is 0 Å². The van der Waals surface area contributed by atoms with E-state index in [-0.39, 0.29) is 0 Å². The van der Waals surface area contributed by atoms with Gasteiger partial charge in [-0.25, -0.2) is 34.4 Å². The van der Waals surface area contributed by atoms with Gasteiger partial charge in [-0.15, -0.1) is 0 Å². The monoisotopic (exact) mass is 412 g/mol. The molecule has 2 aliphatic rings. The molecule has 144 valence electrons. The summed E-state index contributed by atoms with van der Waals surface area (Å²) in [4.78, 5) is 0. The van der Waals surface area contributed by atoms with Crippen LogP contribution in [0, 0.1) is 0 Å². The molecule has 4 unspecified atom stereocenters. The predicted octanol–water partition coefficient (Wildman–Crippen LogP) is 2.50. The van der Waals surface area contributed by atoms with Crippen LogP contribution in [-0.4, -0.2) is 56.1 Å². The van der Waals surface area contributed by atoms with Crippen molar-refractivity contribution >= 4 is 19.7 Å². The first-order chi connectivity index (χ1) is 10.2. The Kier molecular flexibility index (Phi) is 4.83. The molecule has 24 heavy (non-hydrogen) atoms. The van der Waals surface area contributed by atoms with Crippen LogP contribution < -0.4 is 0 Å². The topological polar surface area (TPSA) is 68.3 Å². The number of alkyl halides is 8. The highest BCUT2D eigenvalue weighted by Gasteiger charge is 2.70. The van der Waals surface area contributed by atoms with Crippen LogP contribution >= 0.6 is 0 Å². The summed E-state index contributed by atoms with van der Waals surface area (Å²) in [5, 5.41) is -4.28. The standard InChI is InChI=1S/2C5H6F4O2S/c1-4(7)2-12(10,11)3(6)5(4,8)9;1-4(7)2-5(8,9)12(10,11)3(4)6/h2*3H,2H2,1H3. The molecule has 0 spiro atoms. The van der Waals surface area contributed by atoms with Crippen molar-refractivity contribution in [2.24, 2.45) is 0 Å². The highest BCUT2D eigenvalue weighted by atomic mass is 32.2. The number of hydrogen-bond donors (Lipinski definition) is 0. The number of halogens is 8. The van der Waals surface area contributed by atoms with E-state index in [1.165, 1.54) is 0 Å². The van der Waals surface area contributed by atoms with Gasteiger partial charge in [-0.05, 0) is 13.8 Å². The van der Waals surface area contributed by atoms with Gasteiger partial charge in [0, 0.05) is 0 Å². The number of rotatable bonds is 0. The van der Waals surface area contributed by atoms with Gasteiger partial charge in [-0.3, -0.25) is 0 Å². The second-order valence-electron chi connectivity index (χ2n) is 5.90. The van der Waals surface area contributed by atoms with E-state index >= 15 is 0 Å². The summed E-state index contributed by atoms with van der Waals surface area (Å²) in [5.74, 6) is -5.90. The molecular formula is C10H12F8O4S2. The Bertz CT molecular complexity index is 713. The first-order valence-corrected chi connectivity index (χ1v) is 9.35. The molecule has 2 heterocycles. The maximum absolute atomic E-state index is 12.8. The van der Waals surface area contributed by atoms with Crippen LogP contribution in [0.1, 0.15) is 20.3 Å².